The van der Waals surface area contributed by atoms with E-state index < -0.39 is 4.92 Å². The molecule has 1 aromatic rings. The highest BCUT2D eigenvalue weighted by atomic mass is 16.6. The Bertz CT molecular complexity index is 462. The van der Waals surface area contributed by atoms with E-state index in [1.807, 2.05) is 6.92 Å². The number of carbonyl (C=O) groups is 1. The van der Waals surface area contributed by atoms with Gasteiger partial charge in [-0.25, -0.2) is 0 Å². The second-order valence-corrected chi connectivity index (χ2v) is 3.88. The monoisotopic (exact) mass is 266 g/mol. The summed E-state index contributed by atoms with van der Waals surface area (Å²) in [5, 5.41) is 19.4. The number of hydrogen-bond donors (Lipinski definition) is 3. The van der Waals surface area contributed by atoms with Gasteiger partial charge in [0.25, 0.3) is 11.6 Å². The van der Waals surface area contributed by atoms with Gasteiger partial charge >= 0.3 is 0 Å². The second-order valence-electron chi connectivity index (χ2n) is 3.88. The van der Waals surface area contributed by atoms with Gasteiger partial charge in [0.15, 0.2) is 0 Å². The molecule has 0 aliphatic rings. The number of amides is 1. The molecule has 0 aliphatic heterocycles. The van der Waals surface area contributed by atoms with Crippen LogP contribution in [-0.2, 0) is 0 Å². The molecule has 19 heavy (non-hydrogen) atoms. The molecule has 0 spiro atoms. The van der Waals surface area contributed by atoms with Gasteiger partial charge in [0.2, 0.25) is 0 Å². The lowest BCUT2D eigenvalue weighted by Gasteiger charge is -2.09. The first-order chi connectivity index (χ1) is 9.10. The highest BCUT2D eigenvalue weighted by molar-refractivity contribution is 5.95. The van der Waals surface area contributed by atoms with E-state index in [2.05, 4.69) is 16.0 Å². The predicted molar refractivity (Wildman–Crippen MR) is 73.5 cm³/mol. The Hall–Kier alpha value is -2.15. The molecular formula is C12H18N4O3. The highest BCUT2D eigenvalue weighted by Crippen LogP contribution is 2.25. The van der Waals surface area contributed by atoms with Crippen molar-refractivity contribution in [2.45, 2.75) is 6.92 Å². The molecule has 1 aromatic carbocycles. The molecule has 0 fully saturated rings. The summed E-state index contributed by atoms with van der Waals surface area (Å²) in [4.78, 5) is 22.1. The van der Waals surface area contributed by atoms with Crippen molar-refractivity contribution in [3.05, 3.63) is 33.9 Å². The minimum atomic E-state index is -0.469. The summed E-state index contributed by atoms with van der Waals surface area (Å²) in [5.41, 5.74) is 0.715. The molecule has 0 aliphatic carbocycles. The van der Waals surface area contributed by atoms with Crippen LogP contribution in [-0.4, -0.2) is 37.5 Å². The summed E-state index contributed by atoms with van der Waals surface area (Å²) < 4.78 is 0. The van der Waals surface area contributed by atoms with Crippen LogP contribution in [0.1, 0.15) is 17.3 Å². The van der Waals surface area contributed by atoms with E-state index in [4.69, 9.17) is 0 Å². The minimum Gasteiger partial charge on any atom is -0.378 e. The maximum Gasteiger partial charge on any atom is 0.292 e. The van der Waals surface area contributed by atoms with Crippen LogP contribution in [0.3, 0.4) is 0 Å². The molecule has 0 atom stereocenters. The van der Waals surface area contributed by atoms with Crippen molar-refractivity contribution in [3.8, 4) is 0 Å². The molecule has 0 unspecified atom stereocenters. The Kier molecular flexibility index (Phi) is 5.74. The predicted octanol–water partition coefficient (Wildman–Crippen LogP) is 0.976. The summed E-state index contributed by atoms with van der Waals surface area (Å²) in [7, 11) is 1.79. The van der Waals surface area contributed by atoms with Gasteiger partial charge in [0.05, 0.1) is 4.92 Å². The number of nitrogens with zero attached hydrogens (tertiary/aromatic N) is 1. The van der Waals surface area contributed by atoms with Gasteiger partial charge in [-0.3, -0.25) is 14.9 Å². The van der Waals surface area contributed by atoms with E-state index in [0.29, 0.717) is 30.9 Å². The van der Waals surface area contributed by atoms with Crippen molar-refractivity contribution < 1.29 is 9.72 Å². The lowest BCUT2D eigenvalue weighted by molar-refractivity contribution is -0.384. The number of likely N-dealkylation sites (N-methyl/N-ethyl adjacent to an activating group) is 1. The van der Waals surface area contributed by atoms with Gasteiger partial charge in [0, 0.05) is 31.3 Å². The fraction of sp³-hybridized carbons (Fsp3) is 0.417. The maximum atomic E-state index is 11.7. The maximum absolute atomic E-state index is 11.7. The normalized spacial score (nSPS) is 10.0. The third-order valence-electron chi connectivity index (χ3n) is 2.48. The zero-order chi connectivity index (χ0) is 14.3. The smallest absolute Gasteiger partial charge is 0.292 e. The third-order valence-corrected chi connectivity index (χ3v) is 2.48. The van der Waals surface area contributed by atoms with Crippen molar-refractivity contribution in [1.29, 1.82) is 0 Å². The number of rotatable bonds is 7. The van der Waals surface area contributed by atoms with Gasteiger partial charge in [-0.05, 0) is 26.1 Å². The standard InChI is InChI=1S/C12H18N4O3/c1-3-14-12(17)9-4-5-11(16(18)19)10(8-9)15-7-6-13-2/h4-5,8,13,15H,3,6-7H2,1-2H3,(H,14,17). The molecule has 0 radical (unpaired) electrons. The molecule has 0 heterocycles. The molecule has 3 N–H and O–H groups in total. The SMILES string of the molecule is CCNC(=O)c1ccc([N+](=O)[O-])c(NCCNC)c1. The molecule has 0 saturated carbocycles. The molecule has 1 rings (SSSR count). The highest BCUT2D eigenvalue weighted by Gasteiger charge is 2.16. The number of hydrogen-bond acceptors (Lipinski definition) is 5. The fourth-order valence-electron chi connectivity index (χ4n) is 1.56. The quantitative estimate of drug-likeness (QED) is 0.388. The summed E-state index contributed by atoms with van der Waals surface area (Å²) in [5.74, 6) is -0.242. The van der Waals surface area contributed by atoms with Crippen LogP contribution >= 0.6 is 0 Å². The van der Waals surface area contributed by atoms with Gasteiger partial charge < -0.3 is 16.0 Å². The number of nitro benzene ring substituents is 1. The lowest BCUT2D eigenvalue weighted by Crippen LogP contribution is -2.23. The Morgan fingerprint density at radius 1 is 1.37 bits per heavy atom. The minimum absolute atomic E-state index is 0.0378. The Morgan fingerprint density at radius 3 is 2.68 bits per heavy atom. The van der Waals surface area contributed by atoms with Crippen molar-refractivity contribution in [3.63, 3.8) is 0 Å². The number of benzene rings is 1. The first-order valence-corrected chi connectivity index (χ1v) is 6.05. The molecule has 0 bridgehead atoms. The lowest BCUT2D eigenvalue weighted by atomic mass is 10.1. The van der Waals surface area contributed by atoms with Gasteiger partial charge in [0.1, 0.15) is 5.69 Å². The summed E-state index contributed by atoms with van der Waals surface area (Å²) >= 11 is 0. The Balaban J connectivity index is 2.96. The second kappa shape index (κ2) is 7.32. The van der Waals surface area contributed by atoms with Crippen LogP contribution < -0.4 is 16.0 Å². The van der Waals surface area contributed by atoms with E-state index >= 15 is 0 Å². The van der Waals surface area contributed by atoms with Crippen LogP contribution in [0, 0.1) is 10.1 Å². The van der Waals surface area contributed by atoms with Crippen LogP contribution in [0.15, 0.2) is 18.2 Å². The summed E-state index contributed by atoms with van der Waals surface area (Å²) in [6, 6.07) is 4.29. The van der Waals surface area contributed by atoms with Crippen LogP contribution in [0.5, 0.6) is 0 Å². The van der Waals surface area contributed by atoms with Crippen LogP contribution in [0.2, 0.25) is 0 Å². The van der Waals surface area contributed by atoms with E-state index in [9.17, 15) is 14.9 Å². The third kappa shape index (κ3) is 4.22. The number of nitro groups is 1. The van der Waals surface area contributed by atoms with E-state index in [1.54, 1.807) is 7.05 Å². The summed E-state index contributed by atoms with van der Waals surface area (Å²) in [6.07, 6.45) is 0. The first kappa shape index (κ1) is 14.9. The average Bonchev–Trinajstić information content (AvgIpc) is 2.39. The van der Waals surface area contributed by atoms with Gasteiger partial charge in [-0.1, -0.05) is 0 Å². The van der Waals surface area contributed by atoms with Gasteiger partial charge in [-0.15, -0.1) is 0 Å². The van der Waals surface area contributed by atoms with Crippen molar-refractivity contribution in [2.75, 3.05) is 32.0 Å². The molecule has 7 nitrogen and oxygen atoms in total. The van der Waals surface area contributed by atoms with E-state index in [1.165, 1.54) is 18.2 Å². The molecule has 7 heteroatoms. The molecule has 0 aromatic heterocycles. The van der Waals surface area contributed by atoms with Crippen LogP contribution in [0.4, 0.5) is 11.4 Å². The van der Waals surface area contributed by atoms with Crippen LogP contribution in [0.25, 0.3) is 0 Å². The average molecular weight is 266 g/mol. The largest absolute Gasteiger partial charge is 0.378 e. The topological polar surface area (TPSA) is 96.3 Å². The summed E-state index contributed by atoms with van der Waals surface area (Å²) in [6.45, 7) is 3.53. The Labute approximate surface area is 111 Å². The molecule has 104 valence electrons. The van der Waals surface area contributed by atoms with Gasteiger partial charge in [-0.2, -0.15) is 0 Å². The van der Waals surface area contributed by atoms with Crippen molar-refractivity contribution in [1.82, 2.24) is 10.6 Å². The number of carbonyl (C=O) groups excluding carboxylic acids is 1. The molecule has 0 saturated heterocycles. The fourth-order valence-corrected chi connectivity index (χ4v) is 1.56. The molecule has 1 amide bonds. The zero-order valence-corrected chi connectivity index (χ0v) is 11.0. The molecular weight excluding hydrogens is 248 g/mol. The number of anilines is 1. The van der Waals surface area contributed by atoms with E-state index in [0.717, 1.165) is 0 Å². The van der Waals surface area contributed by atoms with Crippen molar-refractivity contribution >= 4 is 17.3 Å². The Morgan fingerprint density at radius 2 is 2.11 bits per heavy atom. The van der Waals surface area contributed by atoms with Crippen molar-refractivity contribution in [2.24, 2.45) is 0 Å². The number of nitrogens with one attached hydrogen (secondary N) is 3. The first-order valence-electron chi connectivity index (χ1n) is 6.05. The zero-order valence-electron chi connectivity index (χ0n) is 11.0. The van der Waals surface area contributed by atoms with E-state index in [-0.39, 0.29) is 11.6 Å².